The molecule has 0 amide bonds. The van der Waals surface area contributed by atoms with Gasteiger partial charge in [0, 0.05) is 10.0 Å². The molecular weight excluding hydrogens is 241 g/mol. The van der Waals surface area contributed by atoms with Gasteiger partial charge < -0.3 is 18.5 Å². The predicted molar refractivity (Wildman–Crippen MR) is 59.1 cm³/mol. The minimum Gasteiger partial charge on any atom is -0.740 e. The van der Waals surface area contributed by atoms with Crippen molar-refractivity contribution in [3.05, 3.63) is 20.8 Å². The number of hydrogen-bond acceptors (Lipinski definition) is 5. The summed E-state index contributed by atoms with van der Waals surface area (Å²) in [5.74, 6) is 5.47. The van der Waals surface area contributed by atoms with Gasteiger partial charge in [-0.1, -0.05) is 0 Å². The molecule has 4 nitrogen and oxygen atoms in total. The van der Waals surface area contributed by atoms with Crippen LogP contribution in [0.3, 0.4) is 0 Å². The number of nitrogens with zero attached hydrogens (tertiary/aromatic N) is 2. The molecule has 0 atom stereocenters. The van der Waals surface area contributed by atoms with Crippen LogP contribution in [0, 0.1) is 13.8 Å². The van der Waals surface area contributed by atoms with E-state index in [0.29, 0.717) is 10.2 Å². The van der Waals surface area contributed by atoms with Gasteiger partial charge >= 0.3 is 29.6 Å². The van der Waals surface area contributed by atoms with Gasteiger partial charge in [0.1, 0.15) is 4.83 Å². The molecule has 0 saturated carbocycles. The van der Waals surface area contributed by atoms with Gasteiger partial charge in [-0.15, -0.1) is 11.3 Å². The summed E-state index contributed by atoms with van der Waals surface area (Å²) in [6.45, 7) is 3.84. The third-order valence-corrected chi connectivity index (χ3v) is 3.59. The molecule has 0 bridgehead atoms. The Morgan fingerprint density at radius 2 is 2.07 bits per heavy atom. The molecule has 0 unspecified atom stereocenters. The molecule has 15 heavy (non-hydrogen) atoms. The molecule has 0 spiro atoms. The monoisotopic (exact) mass is 249 g/mol. The molecule has 74 valence electrons. The molecule has 0 aromatic carbocycles. The van der Waals surface area contributed by atoms with Crippen LogP contribution >= 0.6 is 11.3 Å². The molecule has 0 saturated heterocycles. The fourth-order valence-electron chi connectivity index (χ4n) is 1.29. The Balaban J connectivity index is 0.00000112. The molecule has 7 heteroatoms. The average Bonchev–Trinajstić information content (AvgIpc) is 2.39. The smallest absolute Gasteiger partial charge is 0.740 e. The van der Waals surface area contributed by atoms with E-state index in [-0.39, 0.29) is 40.3 Å². The first-order valence-corrected chi connectivity index (χ1v) is 5.19. The number of aryl methyl sites for hydroxylation is 2. The molecule has 2 aromatic heterocycles. The summed E-state index contributed by atoms with van der Waals surface area (Å²) < 4.78 is 0.914. The summed E-state index contributed by atoms with van der Waals surface area (Å²) in [6.07, 6.45) is 0. The minimum atomic E-state index is -0.262. The first kappa shape index (κ1) is 12.9. The Morgan fingerprint density at radius 1 is 1.47 bits per heavy atom. The summed E-state index contributed by atoms with van der Waals surface area (Å²) in [7, 11) is 0. The molecule has 0 aliphatic carbocycles. The van der Waals surface area contributed by atoms with Crippen molar-refractivity contribution in [3.8, 4) is 0 Å². The molecule has 2 aromatic rings. The first-order valence-electron chi connectivity index (χ1n) is 3.97. The summed E-state index contributed by atoms with van der Waals surface area (Å²) in [5, 5.41) is 0.715. The van der Waals surface area contributed by atoms with Crippen molar-refractivity contribution in [2.75, 3.05) is 5.84 Å². The van der Waals surface area contributed by atoms with Gasteiger partial charge in [-0.05, 0) is 19.4 Å². The fraction of sp³-hybridized carbons (Fsp3) is 0.250. The summed E-state index contributed by atoms with van der Waals surface area (Å²) in [4.78, 5) is 17.6. The van der Waals surface area contributed by atoms with Crippen molar-refractivity contribution < 1.29 is 29.6 Å². The van der Waals surface area contributed by atoms with E-state index in [1.54, 1.807) is 0 Å². The van der Waals surface area contributed by atoms with Gasteiger partial charge in [-0.25, -0.2) is 9.66 Å². The second-order valence-electron chi connectivity index (χ2n) is 3.03. The van der Waals surface area contributed by atoms with E-state index in [2.05, 4.69) is 4.98 Å². The largest absolute Gasteiger partial charge is 1.00 e. The average molecular weight is 249 g/mol. The molecule has 2 N–H and O–H groups in total. The Morgan fingerprint density at radius 3 is 2.67 bits per heavy atom. The number of fused-ring (bicyclic) bond motifs is 1. The second-order valence-corrected chi connectivity index (χ2v) is 4.60. The molecule has 0 aliphatic heterocycles. The fourth-order valence-corrected chi connectivity index (χ4v) is 2.54. The predicted octanol–water partition coefficient (Wildman–Crippen LogP) is -2.30. The normalized spacial score (nSPS) is 10.3. The topological polar surface area (TPSA) is 60.9 Å². The van der Waals surface area contributed by atoms with Crippen LogP contribution in [0.4, 0.5) is 0 Å². The van der Waals surface area contributed by atoms with Crippen molar-refractivity contribution in [1.29, 1.82) is 0 Å². The number of rotatable bonds is 0. The van der Waals surface area contributed by atoms with Crippen molar-refractivity contribution in [2.24, 2.45) is 0 Å². The SMILES string of the molecule is Cc1sc2nc([S-])n(N)c(=O)c2c1C.[Na+]. The first-order chi connectivity index (χ1) is 6.52. The zero-order valence-corrected chi connectivity index (χ0v) is 12.3. The van der Waals surface area contributed by atoms with Gasteiger partial charge in [0.15, 0.2) is 0 Å². The second kappa shape index (κ2) is 4.39. The Labute approximate surface area is 118 Å². The summed E-state index contributed by atoms with van der Waals surface area (Å²) in [5.41, 5.74) is 0.679. The number of hydrogen-bond donors (Lipinski definition) is 1. The van der Waals surface area contributed by atoms with Gasteiger partial charge in [0.2, 0.25) is 0 Å². The summed E-state index contributed by atoms with van der Waals surface area (Å²) >= 11 is 6.32. The third-order valence-electron chi connectivity index (χ3n) is 2.20. The van der Waals surface area contributed by atoms with Crippen LogP contribution in [0.2, 0.25) is 0 Å². The van der Waals surface area contributed by atoms with Crippen molar-refractivity contribution >= 4 is 34.2 Å². The number of nitrogen functional groups attached to an aromatic ring is 1. The van der Waals surface area contributed by atoms with Gasteiger partial charge in [0.25, 0.3) is 5.56 Å². The molecule has 0 fully saturated rings. The van der Waals surface area contributed by atoms with E-state index >= 15 is 0 Å². The third kappa shape index (κ3) is 1.92. The Hall–Kier alpha value is -0.140. The van der Waals surface area contributed by atoms with Crippen LogP contribution < -0.4 is 41.0 Å². The van der Waals surface area contributed by atoms with Gasteiger partial charge in [-0.3, -0.25) is 4.79 Å². The van der Waals surface area contributed by atoms with E-state index < -0.39 is 0 Å². The standard InChI is InChI=1S/C8H9N3OS2.Na/c1-3-4(2)14-6-5(3)7(12)11(9)8(13)10-6;/h9H2,1-2H3,(H,10,13);/q;+1/p-1. The quantitative estimate of drug-likeness (QED) is 0.247. The minimum absolute atomic E-state index is 0. The zero-order valence-electron chi connectivity index (χ0n) is 8.70. The van der Waals surface area contributed by atoms with E-state index in [4.69, 9.17) is 18.5 Å². The van der Waals surface area contributed by atoms with E-state index in [9.17, 15) is 4.79 Å². The maximum absolute atomic E-state index is 11.7. The van der Waals surface area contributed by atoms with Crippen molar-refractivity contribution in [3.63, 3.8) is 0 Å². The molecular formula is C8H8N3NaOS2. The van der Waals surface area contributed by atoms with Crippen molar-refractivity contribution in [1.82, 2.24) is 9.66 Å². The maximum Gasteiger partial charge on any atom is 1.00 e. The van der Waals surface area contributed by atoms with E-state index in [1.165, 1.54) is 11.3 Å². The van der Waals surface area contributed by atoms with E-state index in [0.717, 1.165) is 15.1 Å². The molecule has 2 rings (SSSR count). The van der Waals surface area contributed by atoms with Crippen LogP contribution in [0.15, 0.2) is 9.95 Å². The van der Waals surface area contributed by atoms with Crippen molar-refractivity contribution in [2.45, 2.75) is 19.0 Å². The Bertz CT molecular complexity index is 575. The van der Waals surface area contributed by atoms with Crippen LogP contribution in [-0.2, 0) is 12.6 Å². The Kier molecular flexibility index (Phi) is 3.78. The molecule has 0 aliphatic rings. The summed E-state index contributed by atoms with van der Waals surface area (Å²) in [6, 6.07) is 0. The van der Waals surface area contributed by atoms with Gasteiger partial charge in [0.05, 0.1) is 5.39 Å². The zero-order chi connectivity index (χ0) is 10.5. The number of nitrogens with two attached hydrogens (primary N) is 1. The van der Waals surface area contributed by atoms with Crippen LogP contribution in [0.1, 0.15) is 10.4 Å². The van der Waals surface area contributed by atoms with E-state index in [1.807, 2.05) is 13.8 Å². The number of thiophene rings is 1. The van der Waals surface area contributed by atoms with Gasteiger partial charge in [-0.2, -0.15) is 0 Å². The van der Waals surface area contributed by atoms with Crippen LogP contribution in [0.5, 0.6) is 0 Å². The molecule has 0 radical (unpaired) electrons. The van der Waals surface area contributed by atoms with Crippen LogP contribution in [-0.4, -0.2) is 9.66 Å². The maximum atomic E-state index is 11.7. The molecule has 2 heterocycles. The number of aromatic nitrogens is 2. The van der Waals surface area contributed by atoms with Crippen LogP contribution in [0.25, 0.3) is 10.2 Å².